The summed E-state index contributed by atoms with van der Waals surface area (Å²) in [4.78, 5) is 41.6. The van der Waals surface area contributed by atoms with Crippen LogP contribution in [0.3, 0.4) is 0 Å². The molecule has 0 bridgehead atoms. The molecule has 2 atom stereocenters. The number of halogens is 1. The first kappa shape index (κ1) is 26.3. The lowest BCUT2D eigenvalue weighted by Crippen LogP contribution is -2.53. The van der Waals surface area contributed by atoms with Crippen LogP contribution in [0.1, 0.15) is 20.3 Å². The summed E-state index contributed by atoms with van der Waals surface area (Å²) in [5.74, 6) is -1.16. The number of sulfonamides is 1. The zero-order chi connectivity index (χ0) is 26.0. The van der Waals surface area contributed by atoms with E-state index in [2.05, 4.69) is 0 Å². The van der Waals surface area contributed by atoms with Crippen LogP contribution >= 0.6 is 11.6 Å². The van der Waals surface area contributed by atoms with Gasteiger partial charge >= 0.3 is 0 Å². The number of fused-ring (bicyclic) bond motifs is 1. The van der Waals surface area contributed by atoms with Gasteiger partial charge in [0.15, 0.2) is 0 Å². The van der Waals surface area contributed by atoms with Crippen molar-refractivity contribution < 1.29 is 27.5 Å². The predicted molar refractivity (Wildman–Crippen MR) is 135 cm³/mol. The Hall–Kier alpha value is -2.79. The molecule has 2 aromatic carbocycles. The summed E-state index contributed by atoms with van der Waals surface area (Å²) in [5, 5.41) is 1.94. The highest BCUT2D eigenvalue weighted by Crippen LogP contribution is 2.28. The Morgan fingerprint density at radius 3 is 2.50 bits per heavy atom. The van der Waals surface area contributed by atoms with E-state index in [9.17, 15) is 22.8 Å². The van der Waals surface area contributed by atoms with Crippen LogP contribution in [0.25, 0.3) is 10.8 Å². The highest BCUT2D eigenvalue weighted by molar-refractivity contribution is 7.89. The Labute approximate surface area is 215 Å². The first-order chi connectivity index (χ1) is 17.1. The maximum Gasteiger partial charge on any atom is 0.249 e. The Morgan fingerprint density at radius 2 is 1.81 bits per heavy atom. The first-order valence-electron chi connectivity index (χ1n) is 11.7. The highest BCUT2D eigenvalue weighted by atomic mass is 35.5. The molecule has 1 saturated heterocycles. The van der Waals surface area contributed by atoms with Gasteiger partial charge in [-0.1, -0.05) is 30.7 Å². The van der Waals surface area contributed by atoms with Crippen molar-refractivity contribution in [2.24, 2.45) is 0 Å². The van der Waals surface area contributed by atoms with E-state index in [-0.39, 0.29) is 23.0 Å². The Morgan fingerprint density at radius 1 is 1.14 bits per heavy atom. The molecule has 36 heavy (non-hydrogen) atoms. The third kappa shape index (κ3) is 5.17. The third-order valence-corrected chi connectivity index (χ3v) is 8.51. The summed E-state index contributed by atoms with van der Waals surface area (Å²) in [6.07, 6.45) is 2.96. The van der Waals surface area contributed by atoms with E-state index >= 15 is 0 Å². The van der Waals surface area contributed by atoms with E-state index in [4.69, 9.17) is 16.3 Å². The maximum atomic E-state index is 13.7. The molecule has 0 aliphatic carbocycles. The topological polar surface area (TPSA) is 104 Å². The minimum Gasteiger partial charge on any atom is -0.378 e. The second kappa shape index (κ2) is 10.7. The van der Waals surface area contributed by atoms with Crippen LogP contribution in [0.15, 0.2) is 53.6 Å². The van der Waals surface area contributed by atoms with Gasteiger partial charge in [-0.25, -0.2) is 8.42 Å². The number of ketones is 1. The number of amides is 2. The summed E-state index contributed by atoms with van der Waals surface area (Å²) in [6.45, 7) is 4.48. The molecular weight excluding hydrogens is 506 g/mol. The molecule has 0 unspecified atom stereocenters. The summed E-state index contributed by atoms with van der Waals surface area (Å²) in [7, 11) is -4.25. The second-order valence-corrected chi connectivity index (χ2v) is 11.1. The van der Waals surface area contributed by atoms with Crippen LogP contribution in [-0.2, 0) is 29.1 Å². The fourth-order valence-electron chi connectivity index (χ4n) is 4.30. The molecule has 2 amide bonds. The molecule has 0 spiro atoms. The number of benzene rings is 2. The lowest BCUT2D eigenvalue weighted by molar-refractivity contribution is -0.145. The van der Waals surface area contributed by atoms with Crippen molar-refractivity contribution >= 4 is 50.0 Å². The molecule has 0 radical (unpaired) electrons. The van der Waals surface area contributed by atoms with Gasteiger partial charge in [-0.3, -0.25) is 14.4 Å². The zero-order valence-corrected chi connectivity index (χ0v) is 21.7. The summed E-state index contributed by atoms with van der Waals surface area (Å²) in [6, 6.07) is 7.58. The standard InChI is InChI=1S/C25H28ClN3O6S/c1-3-21(30)16-29(36(33,34)22-7-5-18-14-20(26)6-4-19(18)15-22)23-8-9-28(25(23)32)17(2)24(31)27-10-12-35-13-11-27/h4-9,14-15,17,23H,3,10-13,16H2,1-2H3/t17-,23-/m0/s1. The van der Waals surface area contributed by atoms with Crippen molar-refractivity contribution in [3.05, 3.63) is 53.7 Å². The Bertz CT molecular complexity index is 1320. The van der Waals surface area contributed by atoms with E-state index in [0.29, 0.717) is 36.7 Å². The van der Waals surface area contributed by atoms with Gasteiger partial charge in [-0.2, -0.15) is 4.31 Å². The fraction of sp³-hybridized carbons (Fsp3) is 0.400. The van der Waals surface area contributed by atoms with Gasteiger partial charge in [-0.05, 0) is 48.0 Å². The molecule has 1 fully saturated rings. The Balaban J connectivity index is 1.63. The van der Waals surface area contributed by atoms with E-state index < -0.39 is 34.6 Å². The van der Waals surface area contributed by atoms with Gasteiger partial charge in [0, 0.05) is 30.7 Å². The van der Waals surface area contributed by atoms with Crippen molar-refractivity contribution in [2.45, 2.75) is 37.2 Å². The number of carbonyl (C=O) groups excluding carboxylic acids is 3. The number of morpholine rings is 1. The highest BCUT2D eigenvalue weighted by Gasteiger charge is 2.43. The van der Waals surface area contributed by atoms with Crippen molar-refractivity contribution in [3.8, 4) is 0 Å². The number of hydrogen-bond donors (Lipinski definition) is 0. The van der Waals surface area contributed by atoms with Gasteiger partial charge in [0.05, 0.1) is 24.7 Å². The smallest absolute Gasteiger partial charge is 0.249 e. The molecule has 2 aromatic rings. The molecule has 0 saturated carbocycles. The zero-order valence-electron chi connectivity index (χ0n) is 20.1. The summed E-state index contributed by atoms with van der Waals surface area (Å²) < 4.78 is 33.7. The maximum absolute atomic E-state index is 13.7. The molecule has 0 aromatic heterocycles. The van der Waals surface area contributed by atoms with E-state index in [1.807, 2.05) is 0 Å². The molecule has 11 heteroatoms. The third-order valence-electron chi connectivity index (χ3n) is 6.45. The van der Waals surface area contributed by atoms with Crippen molar-refractivity contribution in [1.82, 2.24) is 14.1 Å². The quantitative estimate of drug-likeness (QED) is 0.516. The minimum atomic E-state index is -4.25. The number of rotatable bonds is 8. The summed E-state index contributed by atoms with van der Waals surface area (Å²) in [5.41, 5.74) is 0. The molecule has 0 N–H and O–H groups in total. The van der Waals surface area contributed by atoms with E-state index in [0.717, 1.165) is 9.69 Å². The second-order valence-electron chi connectivity index (χ2n) is 8.74. The van der Waals surface area contributed by atoms with Gasteiger partial charge in [-0.15, -0.1) is 0 Å². The SMILES string of the molecule is CCC(=O)CN([C@H]1C=CN([C@@H](C)C(=O)N2CCOCC2)C1=O)S(=O)(=O)c1ccc2cc(Cl)ccc2c1. The van der Waals surface area contributed by atoms with E-state index in [1.54, 1.807) is 43.0 Å². The van der Waals surface area contributed by atoms with Crippen LogP contribution in [0.2, 0.25) is 5.02 Å². The van der Waals surface area contributed by atoms with Crippen LogP contribution in [0, 0.1) is 0 Å². The van der Waals surface area contributed by atoms with Gasteiger partial charge in [0.2, 0.25) is 21.8 Å². The van der Waals surface area contributed by atoms with Gasteiger partial charge in [0.25, 0.3) is 0 Å². The lowest BCUT2D eigenvalue weighted by Gasteiger charge is -2.33. The van der Waals surface area contributed by atoms with Crippen molar-refractivity contribution in [3.63, 3.8) is 0 Å². The molecule has 9 nitrogen and oxygen atoms in total. The van der Waals surface area contributed by atoms with Crippen LogP contribution in [-0.4, -0.2) is 85.1 Å². The molecular formula is C25H28ClN3O6S. The van der Waals surface area contributed by atoms with Crippen molar-refractivity contribution in [1.29, 1.82) is 0 Å². The largest absolute Gasteiger partial charge is 0.378 e. The average Bonchev–Trinajstić information content (AvgIpc) is 3.26. The van der Waals surface area contributed by atoms with Crippen LogP contribution in [0.5, 0.6) is 0 Å². The number of nitrogens with zero attached hydrogens (tertiary/aromatic N) is 3. The van der Waals surface area contributed by atoms with Crippen LogP contribution < -0.4 is 0 Å². The number of carbonyl (C=O) groups is 3. The lowest BCUT2D eigenvalue weighted by atomic mass is 10.1. The molecule has 192 valence electrons. The predicted octanol–water partition coefficient (Wildman–Crippen LogP) is 2.43. The molecule has 4 rings (SSSR count). The van der Waals surface area contributed by atoms with Crippen LogP contribution in [0.4, 0.5) is 0 Å². The fourth-order valence-corrected chi connectivity index (χ4v) is 6.04. The van der Waals surface area contributed by atoms with Gasteiger partial charge < -0.3 is 14.5 Å². The summed E-state index contributed by atoms with van der Waals surface area (Å²) >= 11 is 6.04. The minimum absolute atomic E-state index is 0.0432. The molecule has 2 aliphatic rings. The number of Topliss-reactive ketones (excluding diaryl/α,β-unsaturated/α-hetero) is 1. The average molecular weight is 534 g/mol. The first-order valence-corrected chi connectivity index (χ1v) is 13.5. The van der Waals surface area contributed by atoms with Gasteiger partial charge in [0.1, 0.15) is 17.9 Å². The number of hydrogen-bond acceptors (Lipinski definition) is 6. The molecule has 2 heterocycles. The Kier molecular flexibility index (Phi) is 7.79. The monoisotopic (exact) mass is 533 g/mol. The normalized spacial score (nSPS) is 19.3. The van der Waals surface area contributed by atoms with Crippen molar-refractivity contribution in [2.75, 3.05) is 32.8 Å². The number of ether oxygens (including phenoxy) is 1. The molecule has 2 aliphatic heterocycles. The van der Waals surface area contributed by atoms with E-state index in [1.165, 1.54) is 29.3 Å².